The first-order valence-corrected chi connectivity index (χ1v) is 8.28. The van der Waals surface area contributed by atoms with Gasteiger partial charge in [0, 0.05) is 16.6 Å². The molecular formula is C10H9BrCl2N4O2S. The standard InChI is InChI=1S/C10H9BrCl2N4O2S/c11-6-1-7(12)9(8(13)2-6)17-20(18,19)10-5(3-14)4-15-16-10/h1-2,4,17H,3,14H2,(H,15,16). The Kier molecular flexibility index (Phi) is 4.60. The van der Waals surface area contributed by atoms with Crippen LogP contribution < -0.4 is 10.5 Å². The van der Waals surface area contributed by atoms with Crippen molar-refractivity contribution in [3.05, 3.63) is 38.4 Å². The van der Waals surface area contributed by atoms with Crippen LogP contribution >= 0.6 is 39.1 Å². The van der Waals surface area contributed by atoms with Gasteiger partial charge in [0.15, 0.2) is 5.03 Å². The van der Waals surface area contributed by atoms with Crippen molar-refractivity contribution >= 4 is 54.8 Å². The lowest BCUT2D eigenvalue weighted by Crippen LogP contribution is -2.16. The first kappa shape index (κ1) is 15.6. The Balaban J connectivity index is 2.44. The van der Waals surface area contributed by atoms with Crippen LogP contribution in [0.15, 0.2) is 27.8 Å². The summed E-state index contributed by atoms with van der Waals surface area (Å²) in [6.45, 7) is 0.0363. The third-order valence-electron chi connectivity index (χ3n) is 2.41. The molecule has 1 aromatic heterocycles. The molecule has 0 aliphatic carbocycles. The largest absolute Gasteiger partial charge is 0.326 e. The van der Waals surface area contributed by atoms with Crippen molar-refractivity contribution in [1.82, 2.24) is 10.2 Å². The summed E-state index contributed by atoms with van der Waals surface area (Å²) in [6.07, 6.45) is 1.35. The quantitative estimate of drug-likeness (QED) is 0.735. The summed E-state index contributed by atoms with van der Waals surface area (Å²) < 4.78 is 27.5. The molecule has 2 aromatic rings. The fourth-order valence-corrected chi connectivity index (χ4v) is 4.16. The topological polar surface area (TPSA) is 101 Å². The average molecular weight is 400 g/mol. The minimum Gasteiger partial charge on any atom is -0.326 e. The minimum absolute atomic E-state index is 0.0363. The van der Waals surface area contributed by atoms with Crippen LogP contribution in [0.4, 0.5) is 5.69 Å². The predicted molar refractivity (Wildman–Crippen MR) is 81.4 cm³/mol. The smallest absolute Gasteiger partial charge is 0.279 e. The number of benzene rings is 1. The Bertz CT molecular complexity index is 724. The highest BCUT2D eigenvalue weighted by molar-refractivity contribution is 9.10. The number of hydrogen-bond acceptors (Lipinski definition) is 4. The van der Waals surface area contributed by atoms with Gasteiger partial charge in [0.1, 0.15) is 0 Å². The van der Waals surface area contributed by atoms with Gasteiger partial charge in [-0.1, -0.05) is 39.1 Å². The molecule has 2 rings (SSSR count). The van der Waals surface area contributed by atoms with Gasteiger partial charge in [-0.25, -0.2) is 0 Å². The molecule has 108 valence electrons. The van der Waals surface area contributed by atoms with Gasteiger partial charge in [-0.05, 0) is 12.1 Å². The number of nitrogens with one attached hydrogen (secondary N) is 2. The number of hydrogen-bond donors (Lipinski definition) is 3. The second-order valence-electron chi connectivity index (χ2n) is 3.78. The number of nitrogens with zero attached hydrogens (tertiary/aromatic N) is 1. The minimum atomic E-state index is -3.90. The number of rotatable bonds is 4. The SMILES string of the molecule is NCc1cn[nH]c1S(=O)(=O)Nc1c(Cl)cc(Br)cc1Cl. The lowest BCUT2D eigenvalue weighted by Gasteiger charge is -2.11. The summed E-state index contributed by atoms with van der Waals surface area (Å²) >= 11 is 15.2. The van der Waals surface area contributed by atoms with Crippen molar-refractivity contribution in [2.75, 3.05) is 4.72 Å². The van der Waals surface area contributed by atoms with Crippen LogP contribution in [0.5, 0.6) is 0 Å². The monoisotopic (exact) mass is 398 g/mol. The molecule has 20 heavy (non-hydrogen) atoms. The Morgan fingerprint density at radius 1 is 1.35 bits per heavy atom. The fraction of sp³-hybridized carbons (Fsp3) is 0.100. The van der Waals surface area contributed by atoms with E-state index in [0.717, 1.165) is 0 Å². The molecule has 0 atom stereocenters. The molecular weight excluding hydrogens is 391 g/mol. The Hall–Kier alpha value is -0.800. The first-order valence-electron chi connectivity index (χ1n) is 5.25. The van der Waals surface area contributed by atoms with Gasteiger partial charge in [-0.2, -0.15) is 13.5 Å². The first-order chi connectivity index (χ1) is 9.35. The predicted octanol–water partition coefficient (Wildman–Crippen LogP) is 2.74. The van der Waals surface area contributed by atoms with E-state index in [2.05, 4.69) is 30.8 Å². The lowest BCUT2D eigenvalue weighted by atomic mass is 10.3. The number of H-pyrrole nitrogens is 1. The molecule has 0 saturated carbocycles. The van der Waals surface area contributed by atoms with Crippen LogP contribution in [-0.2, 0) is 16.6 Å². The van der Waals surface area contributed by atoms with E-state index in [4.69, 9.17) is 28.9 Å². The molecule has 0 bridgehead atoms. The molecule has 1 heterocycles. The molecule has 0 unspecified atom stereocenters. The summed E-state index contributed by atoms with van der Waals surface area (Å²) in [5.41, 5.74) is 5.91. The highest BCUT2D eigenvalue weighted by atomic mass is 79.9. The molecule has 0 aliphatic heterocycles. The maximum absolute atomic E-state index is 12.3. The number of aromatic amines is 1. The number of sulfonamides is 1. The maximum Gasteiger partial charge on any atom is 0.279 e. The van der Waals surface area contributed by atoms with Crippen LogP contribution in [0.25, 0.3) is 0 Å². The normalized spacial score (nSPS) is 11.6. The zero-order valence-electron chi connectivity index (χ0n) is 9.82. The van der Waals surface area contributed by atoms with Crippen molar-refractivity contribution in [1.29, 1.82) is 0 Å². The van der Waals surface area contributed by atoms with Crippen LogP contribution in [0.2, 0.25) is 10.0 Å². The van der Waals surface area contributed by atoms with Gasteiger partial charge < -0.3 is 5.73 Å². The van der Waals surface area contributed by atoms with Crippen molar-refractivity contribution in [2.45, 2.75) is 11.6 Å². The fourth-order valence-electron chi connectivity index (χ4n) is 1.50. The molecule has 0 fully saturated rings. The highest BCUT2D eigenvalue weighted by Crippen LogP contribution is 2.35. The molecule has 0 aliphatic rings. The maximum atomic E-state index is 12.3. The van der Waals surface area contributed by atoms with Crippen LogP contribution in [0, 0.1) is 0 Å². The van der Waals surface area contributed by atoms with Crippen molar-refractivity contribution in [3.63, 3.8) is 0 Å². The van der Waals surface area contributed by atoms with E-state index in [-0.39, 0.29) is 27.3 Å². The molecule has 10 heteroatoms. The lowest BCUT2D eigenvalue weighted by molar-refractivity contribution is 0.596. The van der Waals surface area contributed by atoms with Gasteiger partial charge in [0.05, 0.1) is 21.9 Å². The summed E-state index contributed by atoms with van der Waals surface area (Å²) in [6, 6.07) is 3.06. The van der Waals surface area contributed by atoms with Crippen molar-refractivity contribution in [2.24, 2.45) is 5.73 Å². The van der Waals surface area contributed by atoms with E-state index in [1.807, 2.05) is 0 Å². The zero-order chi connectivity index (χ0) is 14.9. The van der Waals surface area contributed by atoms with E-state index < -0.39 is 10.0 Å². The summed E-state index contributed by atoms with van der Waals surface area (Å²) in [7, 11) is -3.90. The second kappa shape index (κ2) is 5.90. The average Bonchev–Trinajstić information content (AvgIpc) is 2.83. The third-order valence-corrected chi connectivity index (χ3v) is 4.83. The molecule has 4 N–H and O–H groups in total. The van der Waals surface area contributed by atoms with Crippen molar-refractivity contribution < 1.29 is 8.42 Å². The van der Waals surface area contributed by atoms with Gasteiger partial charge in [0.2, 0.25) is 0 Å². The zero-order valence-corrected chi connectivity index (χ0v) is 13.7. The summed E-state index contributed by atoms with van der Waals surface area (Å²) in [5, 5.41) is 6.27. The Labute approximate surface area is 133 Å². The molecule has 0 amide bonds. The number of anilines is 1. The highest BCUT2D eigenvalue weighted by Gasteiger charge is 2.22. The Morgan fingerprint density at radius 3 is 2.50 bits per heavy atom. The Morgan fingerprint density at radius 2 is 1.95 bits per heavy atom. The van der Waals surface area contributed by atoms with Crippen molar-refractivity contribution in [3.8, 4) is 0 Å². The van der Waals surface area contributed by atoms with E-state index >= 15 is 0 Å². The molecule has 0 saturated heterocycles. The summed E-state index contributed by atoms with van der Waals surface area (Å²) in [5.74, 6) is 0. The molecule has 6 nitrogen and oxygen atoms in total. The van der Waals surface area contributed by atoms with Crippen LogP contribution in [0.1, 0.15) is 5.56 Å². The summed E-state index contributed by atoms with van der Waals surface area (Å²) in [4.78, 5) is 0. The third kappa shape index (κ3) is 3.09. The van der Waals surface area contributed by atoms with Gasteiger partial charge in [-0.3, -0.25) is 9.82 Å². The van der Waals surface area contributed by atoms with Crippen LogP contribution in [-0.4, -0.2) is 18.6 Å². The number of aromatic nitrogens is 2. The molecule has 1 aromatic carbocycles. The van der Waals surface area contributed by atoms with Crippen LogP contribution in [0.3, 0.4) is 0 Å². The van der Waals surface area contributed by atoms with Gasteiger partial charge >= 0.3 is 0 Å². The number of nitrogens with two attached hydrogens (primary N) is 1. The van der Waals surface area contributed by atoms with E-state index in [0.29, 0.717) is 10.0 Å². The second-order valence-corrected chi connectivity index (χ2v) is 7.13. The van der Waals surface area contributed by atoms with E-state index in [9.17, 15) is 8.42 Å². The molecule has 0 radical (unpaired) electrons. The van der Waals surface area contributed by atoms with E-state index in [1.54, 1.807) is 0 Å². The van der Waals surface area contributed by atoms with Gasteiger partial charge in [0.25, 0.3) is 10.0 Å². The van der Waals surface area contributed by atoms with E-state index in [1.165, 1.54) is 18.3 Å². The number of halogens is 3. The van der Waals surface area contributed by atoms with Gasteiger partial charge in [-0.15, -0.1) is 0 Å². The molecule has 0 spiro atoms.